The molecule has 0 aromatic carbocycles. The van der Waals surface area contributed by atoms with Gasteiger partial charge in [0.25, 0.3) is 0 Å². The summed E-state index contributed by atoms with van der Waals surface area (Å²) in [5.74, 6) is 0.0473. The van der Waals surface area contributed by atoms with Crippen LogP contribution < -0.4 is 0 Å². The summed E-state index contributed by atoms with van der Waals surface area (Å²) in [6.45, 7) is 5.24. The van der Waals surface area contributed by atoms with Crippen LogP contribution in [0.1, 0.15) is 24.5 Å². The lowest BCUT2D eigenvalue weighted by atomic mass is 10.0. The van der Waals surface area contributed by atoms with Crippen LogP contribution in [0.5, 0.6) is 0 Å². The monoisotopic (exact) mass is 354 g/mol. The van der Waals surface area contributed by atoms with Crippen molar-refractivity contribution in [3.05, 3.63) is 60.2 Å². The summed E-state index contributed by atoms with van der Waals surface area (Å²) < 4.78 is 0. The van der Waals surface area contributed by atoms with Crippen molar-refractivity contribution < 1.29 is 9.90 Å². The largest absolute Gasteiger partial charge is 0.387 e. The van der Waals surface area contributed by atoms with Gasteiger partial charge in [-0.3, -0.25) is 19.7 Å². The Morgan fingerprint density at radius 3 is 2.73 bits per heavy atom. The van der Waals surface area contributed by atoms with Crippen LogP contribution in [0.3, 0.4) is 0 Å². The molecule has 0 spiro atoms. The van der Waals surface area contributed by atoms with Crippen LogP contribution in [0.4, 0.5) is 0 Å². The third-order valence-electron chi connectivity index (χ3n) is 4.88. The van der Waals surface area contributed by atoms with Gasteiger partial charge in [0.2, 0.25) is 5.91 Å². The molecule has 6 heteroatoms. The molecule has 138 valence electrons. The standard InChI is InChI=1S/C20H26N4O2/c1-2-23(14-17-5-9-21-10-6-17)15-20(26)7-11-24(16-20)19(25)12-18-4-3-8-22-13-18/h3-6,8-10,13,26H,2,7,11-12,14-16H2,1H3. The fraction of sp³-hybridized carbons (Fsp3) is 0.450. The molecule has 1 aliphatic rings. The topological polar surface area (TPSA) is 69.6 Å². The molecule has 0 saturated carbocycles. The van der Waals surface area contributed by atoms with E-state index >= 15 is 0 Å². The number of hydrogen-bond donors (Lipinski definition) is 1. The number of likely N-dealkylation sites (N-methyl/N-ethyl adjacent to an activating group) is 1. The molecular weight excluding hydrogens is 328 g/mol. The summed E-state index contributed by atoms with van der Waals surface area (Å²) in [5.41, 5.74) is 1.22. The number of rotatable bonds is 7. The average molecular weight is 354 g/mol. The molecule has 1 amide bonds. The lowest BCUT2D eigenvalue weighted by Crippen LogP contribution is -2.45. The number of aliphatic hydroxyl groups is 1. The first-order chi connectivity index (χ1) is 12.6. The molecule has 1 fully saturated rings. The first kappa shape index (κ1) is 18.5. The first-order valence-corrected chi connectivity index (χ1v) is 9.08. The van der Waals surface area contributed by atoms with E-state index in [1.54, 1.807) is 29.7 Å². The van der Waals surface area contributed by atoms with E-state index in [2.05, 4.69) is 21.8 Å². The Balaban J connectivity index is 1.56. The van der Waals surface area contributed by atoms with E-state index in [1.807, 2.05) is 24.3 Å². The zero-order valence-corrected chi connectivity index (χ0v) is 15.2. The van der Waals surface area contributed by atoms with Crippen molar-refractivity contribution in [3.8, 4) is 0 Å². The second-order valence-corrected chi connectivity index (χ2v) is 6.99. The first-order valence-electron chi connectivity index (χ1n) is 9.08. The number of β-amino-alcohol motifs (C(OH)–C–C–N with tert-alkyl or cyclic N) is 1. The van der Waals surface area contributed by atoms with Gasteiger partial charge in [-0.2, -0.15) is 0 Å². The zero-order chi connectivity index (χ0) is 18.4. The Labute approximate surface area is 154 Å². The minimum absolute atomic E-state index is 0.0473. The Morgan fingerprint density at radius 2 is 2.04 bits per heavy atom. The van der Waals surface area contributed by atoms with Crippen LogP contribution in [0.2, 0.25) is 0 Å². The van der Waals surface area contributed by atoms with Crippen molar-refractivity contribution in [3.63, 3.8) is 0 Å². The van der Waals surface area contributed by atoms with E-state index in [0.717, 1.165) is 18.7 Å². The summed E-state index contributed by atoms with van der Waals surface area (Å²) in [6, 6.07) is 7.72. The highest BCUT2D eigenvalue weighted by molar-refractivity contribution is 5.79. The highest BCUT2D eigenvalue weighted by atomic mass is 16.3. The predicted molar refractivity (Wildman–Crippen MR) is 99.3 cm³/mol. The smallest absolute Gasteiger partial charge is 0.227 e. The number of likely N-dealkylation sites (tertiary alicyclic amines) is 1. The van der Waals surface area contributed by atoms with Gasteiger partial charge >= 0.3 is 0 Å². The van der Waals surface area contributed by atoms with Gasteiger partial charge in [-0.05, 0) is 42.3 Å². The minimum atomic E-state index is -0.854. The highest BCUT2D eigenvalue weighted by Gasteiger charge is 2.39. The number of carbonyl (C=O) groups is 1. The molecule has 1 unspecified atom stereocenters. The van der Waals surface area contributed by atoms with Crippen LogP contribution in [0, 0.1) is 0 Å². The molecule has 6 nitrogen and oxygen atoms in total. The van der Waals surface area contributed by atoms with Gasteiger partial charge in [-0.15, -0.1) is 0 Å². The molecule has 3 heterocycles. The van der Waals surface area contributed by atoms with Gasteiger partial charge in [0.1, 0.15) is 0 Å². The van der Waals surface area contributed by atoms with E-state index in [4.69, 9.17) is 0 Å². The molecule has 1 saturated heterocycles. The van der Waals surface area contributed by atoms with Crippen LogP contribution >= 0.6 is 0 Å². The van der Waals surface area contributed by atoms with Gasteiger partial charge in [0.15, 0.2) is 0 Å². The second-order valence-electron chi connectivity index (χ2n) is 6.99. The van der Waals surface area contributed by atoms with Crippen molar-refractivity contribution in [1.82, 2.24) is 19.8 Å². The Hall–Kier alpha value is -2.31. The van der Waals surface area contributed by atoms with Crippen LogP contribution in [0.25, 0.3) is 0 Å². The normalized spacial score (nSPS) is 19.9. The van der Waals surface area contributed by atoms with Gasteiger partial charge in [0, 0.05) is 44.4 Å². The Bertz CT molecular complexity index is 710. The molecule has 1 atom stereocenters. The van der Waals surface area contributed by atoms with Crippen molar-refractivity contribution in [2.75, 3.05) is 26.2 Å². The lowest BCUT2D eigenvalue weighted by molar-refractivity contribution is -0.130. The fourth-order valence-corrected chi connectivity index (χ4v) is 3.43. The molecule has 2 aromatic heterocycles. The molecule has 1 N–H and O–H groups in total. The number of aromatic nitrogens is 2. The van der Waals surface area contributed by atoms with E-state index in [1.165, 1.54) is 5.56 Å². The molecule has 0 radical (unpaired) electrons. The van der Waals surface area contributed by atoms with Gasteiger partial charge < -0.3 is 10.0 Å². The van der Waals surface area contributed by atoms with Crippen LogP contribution in [-0.2, 0) is 17.8 Å². The van der Waals surface area contributed by atoms with Gasteiger partial charge in [0.05, 0.1) is 18.6 Å². The molecule has 1 aliphatic heterocycles. The van der Waals surface area contributed by atoms with Crippen molar-refractivity contribution in [1.29, 1.82) is 0 Å². The Morgan fingerprint density at radius 1 is 1.23 bits per heavy atom. The maximum atomic E-state index is 12.5. The summed E-state index contributed by atoms with van der Waals surface area (Å²) in [6.07, 6.45) is 7.92. The van der Waals surface area contributed by atoms with E-state index in [0.29, 0.717) is 32.5 Å². The number of hydrogen-bond acceptors (Lipinski definition) is 5. The maximum absolute atomic E-state index is 12.5. The fourth-order valence-electron chi connectivity index (χ4n) is 3.43. The molecule has 26 heavy (non-hydrogen) atoms. The third kappa shape index (κ3) is 4.86. The second kappa shape index (κ2) is 8.38. The highest BCUT2D eigenvalue weighted by Crippen LogP contribution is 2.24. The van der Waals surface area contributed by atoms with Crippen LogP contribution in [0.15, 0.2) is 49.1 Å². The van der Waals surface area contributed by atoms with Gasteiger partial charge in [-0.1, -0.05) is 13.0 Å². The van der Waals surface area contributed by atoms with Crippen LogP contribution in [-0.4, -0.2) is 62.6 Å². The molecular formula is C20H26N4O2. The number of carbonyl (C=O) groups excluding carboxylic acids is 1. The van der Waals surface area contributed by atoms with Crippen molar-refractivity contribution >= 4 is 5.91 Å². The number of amides is 1. The summed E-state index contributed by atoms with van der Waals surface area (Å²) in [7, 11) is 0. The number of nitrogens with zero attached hydrogens (tertiary/aromatic N) is 4. The molecule has 2 aromatic rings. The molecule has 0 bridgehead atoms. The van der Waals surface area contributed by atoms with E-state index in [-0.39, 0.29) is 5.91 Å². The van der Waals surface area contributed by atoms with Crippen molar-refractivity contribution in [2.45, 2.75) is 31.9 Å². The van der Waals surface area contributed by atoms with Gasteiger partial charge in [-0.25, -0.2) is 0 Å². The molecule has 0 aliphatic carbocycles. The van der Waals surface area contributed by atoms with E-state index in [9.17, 15) is 9.90 Å². The molecule has 3 rings (SSSR count). The maximum Gasteiger partial charge on any atom is 0.227 e. The average Bonchev–Trinajstić information content (AvgIpc) is 3.05. The SMILES string of the molecule is CCN(Cc1ccncc1)CC1(O)CCN(C(=O)Cc2cccnc2)C1. The number of pyridine rings is 2. The Kier molecular flexibility index (Phi) is 5.96. The summed E-state index contributed by atoms with van der Waals surface area (Å²) in [5, 5.41) is 11.0. The minimum Gasteiger partial charge on any atom is -0.387 e. The lowest BCUT2D eigenvalue weighted by Gasteiger charge is -2.30. The third-order valence-corrected chi connectivity index (χ3v) is 4.88. The van der Waals surface area contributed by atoms with E-state index < -0.39 is 5.60 Å². The summed E-state index contributed by atoms with van der Waals surface area (Å²) in [4.78, 5) is 24.6. The zero-order valence-electron chi connectivity index (χ0n) is 15.2. The summed E-state index contributed by atoms with van der Waals surface area (Å²) >= 11 is 0. The van der Waals surface area contributed by atoms with Crippen molar-refractivity contribution in [2.24, 2.45) is 0 Å². The predicted octanol–water partition coefficient (Wildman–Crippen LogP) is 1.50. The quantitative estimate of drug-likeness (QED) is 0.816.